The molecule has 31 heavy (non-hydrogen) atoms. The van der Waals surface area contributed by atoms with E-state index in [4.69, 9.17) is 0 Å². The Morgan fingerprint density at radius 1 is 1.00 bits per heavy atom. The van der Waals surface area contributed by atoms with Crippen molar-refractivity contribution in [2.75, 3.05) is 39.3 Å². The van der Waals surface area contributed by atoms with E-state index in [1.165, 1.54) is 22.0 Å². The molecule has 1 unspecified atom stereocenters. The smallest absolute Gasteiger partial charge is 0.243 e. The van der Waals surface area contributed by atoms with Gasteiger partial charge in [-0.1, -0.05) is 36.4 Å². The molecule has 0 aromatic heterocycles. The Hall–Kier alpha value is -2.29. The lowest BCUT2D eigenvalue weighted by Crippen LogP contribution is -2.53. The highest BCUT2D eigenvalue weighted by Gasteiger charge is 2.38. The lowest BCUT2D eigenvalue weighted by Gasteiger charge is -2.36. The number of rotatable bonds is 6. The lowest BCUT2D eigenvalue weighted by atomic mass is 10.1. The van der Waals surface area contributed by atoms with Gasteiger partial charge in [-0.15, -0.1) is 0 Å². The molecule has 166 valence electrons. The van der Waals surface area contributed by atoms with Gasteiger partial charge in [0.2, 0.25) is 15.9 Å². The summed E-state index contributed by atoms with van der Waals surface area (Å²) in [5, 5.41) is 0. The third-order valence-electron chi connectivity index (χ3n) is 6.26. The van der Waals surface area contributed by atoms with Gasteiger partial charge in [0.05, 0.1) is 10.9 Å². The first kappa shape index (κ1) is 21.9. The van der Waals surface area contributed by atoms with Gasteiger partial charge in [-0.2, -0.15) is 4.31 Å². The lowest BCUT2D eigenvalue weighted by molar-refractivity contribution is -0.132. The molecule has 0 N–H and O–H groups in total. The molecule has 0 spiro atoms. The zero-order chi connectivity index (χ0) is 22.0. The predicted octanol–water partition coefficient (Wildman–Crippen LogP) is 2.28. The van der Waals surface area contributed by atoms with Crippen molar-refractivity contribution in [1.82, 2.24) is 14.1 Å². The summed E-state index contributed by atoms with van der Waals surface area (Å²) in [7, 11) is -3.75. The van der Waals surface area contributed by atoms with Crippen LogP contribution in [0, 0.1) is 12.7 Å². The Morgan fingerprint density at radius 3 is 2.42 bits per heavy atom. The maximum Gasteiger partial charge on any atom is 0.243 e. The van der Waals surface area contributed by atoms with Crippen molar-refractivity contribution in [2.24, 2.45) is 0 Å². The first-order valence-corrected chi connectivity index (χ1v) is 12.1. The molecule has 6 nitrogen and oxygen atoms in total. The largest absolute Gasteiger partial charge is 0.341 e. The molecule has 2 saturated heterocycles. The Balaban J connectivity index is 1.34. The number of carbonyl (C=O) groups is 1. The van der Waals surface area contributed by atoms with Gasteiger partial charge in [0.25, 0.3) is 0 Å². The van der Waals surface area contributed by atoms with Crippen LogP contribution in [0.4, 0.5) is 4.39 Å². The molecule has 1 atom stereocenters. The number of carbonyl (C=O) groups excluding carboxylic acids is 1. The highest BCUT2D eigenvalue weighted by Crippen LogP contribution is 2.24. The van der Waals surface area contributed by atoms with Gasteiger partial charge in [0.15, 0.2) is 0 Å². The molecule has 0 bridgehead atoms. The van der Waals surface area contributed by atoms with E-state index in [2.05, 4.69) is 17.0 Å². The fourth-order valence-corrected chi connectivity index (χ4v) is 6.10. The number of hydrogen-bond acceptors (Lipinski definition) is 4. The Labute approximate surface area is 183 Å². The summed E-state index contributed by atoms with van der Waals surface area (Å²) in [5.74, 6) is -0.428. The van der Waals surface area contributed by atoms with Gasteiger partial charge < -0.3 is 4.90 Å². The second-order valence-electron chi connectivity index (χ2n) is 8.22. The van der Waals surface area contributed by atoms with Gasteiger partial charge in [0.1, 0.15) is 5.82 Å². The molecular formula is C23H28FN3O3S. The number of aryl methyl sites for hydroxylation is 1. The number of benzene rings is 2. The third-order valence-corrected chi connectivity index (χ3v) is 8.31. The van der Waals surface area contributed by atoms with Crippen LogP contribution in [0.25, 0.3) is 0 Å². The molecule has 0 aliphatic carbocycles. The van der Waals surface area contributed by atoms with Crippen molar-refractivity contribution in [1.29, 1.82) is 0 Å². The molecule has 1 amide bonds. The number of amides is 1. The second-order valence-corrected chi connectivity index (χ2v) is 10.1. The summed E-state index contributed by atoms with van der Waals surface area (Å²) in [5.41, 5.74) is 1.74. The molecule has 8 heteroatoms. The normalized spacial score (nSPS) is 21.0. The molecule has 2 aliphatic heterocycles. The van der Waals surface area contributed by atoms with Crippen molar-refractivity contribution in [3.8, 4) is 0 Å². The van der Waals surface area contributed by atoms with Crippen LogP contribution in [0.3, 0.4) is 0 Å². The van der Waals surface area contributed by atoms with E-state index in [1.54, 1.807) is 6.92 Å². The van der Waals surface area contributed by atoms with Gasteiger partial charge in [0, 0.05) is 39.3 Å². The van der Waals surface area contributed by atoms with Crippen molar-refractivity contribution >= 4 is 15.9 Å². The van der Waals surface area contributed by atoms with Gasteiger partial charge >= 0.3 is 0 Å². The standard InChI is InChI=1S/C23H28FN3O3S/c1-18-7-8-20(24)17-22(18)31(29,30)27-15-13-25(14-16-27)21-10-12-26(23(21)28)11-9-19-5-3-2-4-6-19/h2-8,17,21H,9-16H2,1H3. The quantitative estimate of drug-likeness (QED) is 0.685. The van der Waals surface area contributed by atoms with Crippen LogP contribution in [0.2, 0.25) is 0 Å². The third kappa shape index (κ3) is 4.66. The molecule has 0 saturated carbocycles. The Morgan fingerprint density at radius 2 is 1.71 bits per heavy atom. The van der Waals surface area contributed by atoms with E-state index in [9.17, 15) is 17.6 Å². The van der Waals surface area contributed by atoms with Crippen LogP contribution in [0.5, 0.6) is 0 Å². The van der Waals surface area contributed by atoms with Crippen LogP contribution < -0.4 is 0 Å². The first-order valence-electron chi connectivity index (χ1n) is 10.7. The summed E-state index contributed by atoms with van der Waals surface area (Å²) in [6, 6.07) is 13.8. The first-order chi connectivity index (χ1) is 14.9. The van der Waals surface area contributed by atoms with E-state index in [1.807, 2.05) is 23.1 Å². The number of halogens is 1. The Bertz CT molecular complexity index is 1040. The summed E-state index contributed by atoms with van der Waals surface area (Å²) >= 11 is 0. The van der Waals surface area contributed by atoms with Crippen molar-refractivity contribution in [3.05, 3.63) is 65.5 Å². The molecule has 0 radical (unpaired) electrons. The SMILES string of the molecule is Cc1ccc(F)cc1S(=O)(=O)N1CCN(C2CCN(CCc3ccccc3)C2=O)CC1. The predicted molar refractivity (Wildman–Crippen MR) is 117 cm³/mol. The molecule has 2 heterocycles. The fourth-order valence-electron chi connectivity index (χ4n) is 4.44. The topological polar surface area (TPSA) is 60.9 Å². The minimum absolute atomic E-state index is 0.0185. The highest BCUT2D eigenvalue weighted by molar-refractivity contribution is 7.89. The van der Waals surface area contributed by atoms with E-state index < -0.39 is 15.8 Å². The van der Waals surface area contributed by atoms with Crippen LogP contribution in [-0.2, 0) is 21.2 Å². The Kier molecular flexibility index (Phi) is 6.41. The molecule has 2 fully saturated rings. The van der Waals surface area contributed by atoms with Crippen LogP contribution in [0.15, 0.2) is 53.4 Å². The van der Waals surface area contributed by atoms with Gasteiger partial charge in [-0.05, 0) is 43.0 Å². The van der Waals surface area contributed by atoms with Crippen molar-refractivity contribution in [3.63, 3.8) is 0 Å². The number of piperazine rings is 1. The molecule has 4 rings (SSSR count). The summed E-state index contributed by atoms with van der Waals surface area (Å²) in [6.45, 7) is 4.69. The average molecular weight is 446 g/mol. The maximum atomic E-state index is 13.6. The minimum Gasteiger partial charge on any atom is -0.341 e. The molecule has 2 aromatic carbocycles. The number of hydrogen-bond donors (Lipinski definition) is 0. The number of nitrogens with zero attached hydrogens (tertiary/aromatic N) is 3. The molecular weight excluding hydrogens is 417 g/mol. The van der Waals surface area contributed by atoms with Crippen LogP contribution in [-0.4, -0.2) is 73.7 Å². The van der Waals surface area contributed by atoms with Crippen molar-refractivity contribution in [2.45, 2.75) is 30.7 Å². The fraction of sp³-hybridized carbons (Fsp3) is 0.435. The van der Waals surface area contributed by atoms with E-state index >= 15 is 0 Å². The minimum atomic E-state index is -3.75. The second kappa shape index (κ2) is 9.06. The molecule has 2 aromatic rings. The number of sulfonamides is 1. The van der Waals surface area contributed by atoms with E-state index in [0.29, 0.717) is 38.3 Å². The summed E-state index contributed by atoms with van der Waals surface area (Å²) in [6.07, 6.45) is 1.60. The van der Waals surface area contributed by atoms with Gasteiger partial charge in [-0.3, -0.25) is 9.69 Å². The molecule has 2 aliphatic rings. The van der Waals surface area contributed by atoms with Gasteiger partial charge in [-0.25, -0.2) is 12.8 Å². The maximum absolute atomic E-state index is 13.6. The number of likely N-dealkylation sites (tertiary alicyclic amines) is 1. The van der Waals surface area contributed by atoms with Crippen LogP contribution in [0.1, 0.15) is 17.5 Å². The highest BCUT2D eigenvalue weighted by atomic mass is 32.2. The van der Waals surface area contributed by atoms with E-state index in [-0.39, 0.29) is 16.8 Å². The summed E-state index contributed by atoms with van der Waals surface area (Å²) in [4.78, 5) is 16.9. The zero-order valence-electron chi connectivity index (χ0n) is 17.7. The monoisotopic (exact) mass is 445 g/mol. The zero-order valence-corrected chi connectivity index (χ0v) is 18.5. The van der Waals surface area contributed by atoms with E-state index in [0.717, 1.165) is 25.5 Å². The average Bonchev–Trinajstić information content (AvgIpc) is 3.15. The van der Waals surface area contributed by atoms with Crippen LogP contribution >= 0.6 is 0 Å². The summed E-state index contributed by atoms with van der Waals surface area (Å²) < 4.78 is 41.0. The van der Waals surface area contributed by atoms with Crippen molar-refractivity contribution < 1.29 is 17.6 Å².